The van der Waals surface area contributed by atoms with Crippen molar-refractivity contribution in [3.8, 4) is 0 Å². The Kier molecular flexibility index (Phi) is 3.25. The maximum Gasteiger partial charge on any atom is 0.161 e. The number of aliphatic hydroxyl groups is 1. The summed E-state index contributed by atoms with van der Waals surface area (Å²) in [5, 5.41) is 11.9. The van der Waals surface area contributed by atoms with Gasteiger partial charge in [-0.2, -0.15) is 0 Å². The molecule has 0 aromatic carbocycles. The van der Waals surface area contributed by atoms with Gasteiger partial charge in [0, 0.05) is 21.8 Å². The van der Waals surface area contributed by atoms with Gasteiger partial charge in [-0.15, -0.1) is 0 Å². The second-order valence-electron chi connectivity index (χ2n) is 9.91. The summed E-state index contributed by atoms with van der Waals surface area (Å²) < 4.78 is 0. The summed E-state index contributed by atoms with van der Waals surface area (Å²) >= 11 is 6.73. The van der Waals surface area contributed by atoms with E-state index in [1.54, 1.807) is 0 Å². The number of carbonyl (C=O) groups excluding carboxylic acids is 2. The number of halogens is 1. The van der Waals surface area contributed by atoms with Crippen LogP contribution in [0.4, 0.5) is 0 Å². The summed E-state index contributed by atoms with van der Waals surface area (Å²) in [4.78, 5) is 24.6. The van der Waals surface area contributed by atoms with Gasteiger partial charge < -0.3 is 5.11 Å². The molecule has 0 radical (unpaired) electrons. The quantitative estimate of drug-likeness (QED) is 0.753. The lowest BCUT2D eigenvalue weighted by Gasteiger charge is -2.57. The summed E-state index contributed by atoms with van der Waals surface area (Å²) in [6.07, 6.45) is 8.25. The van der Waals surface area contributed by atoms with Crippen molar-refractivity contribution in [1.29, 1.82) is 0 Å². The van der Waals surface area contributed by atoms with Crippen LogP contribution < -0.4 is 0 Å². The van der Waals surface area contributed by atoms with Crippen molar-refractivity contribution in [3.05, 3.63) is 22.8 Å². The van der Waals surface area contributed by atoms with Gasteiger partial charge in [0.1, 0.15) is 5.60 Å². The van der Waals surface area contributed by atoms with Crippen LogP contribution in [0.25, 0.3) is 0 Å². The molecular weight excluding hydrogens is 348 g/mol. The first-order valence-electron chi connectivity index (χ1n) is 10.0. The van der Waals surface area contributed by atoms with Crippen LogP contribution in [-0.4, -0.2) is 22.3 Å². The Morgan fingerprint density at radius 3 is 2.58 bits per heavy atom. The number of rotatable bonds is 1. The van der Waals surface area contributed by atoms with E-state index in [4.69, 9.17) is 11.6 Å². The Morgan fingerprint density at radius 1 is 1.19 bits per heavy atom. The smallest absolute Gasteiger partial charge is 0.161 e. The number of Topliss-reactive ketones (excluding diaryl/α,β-unsaturated/α-hetero) is 1. The fraction of sp³-hybridized carbons (Fsp3) is 0.727. The lowest BCUT2D eigenvalue weighted by molar-refractivity contribution is -0.157. The van der Waals surface area contributed by atoms with E-state index >= 15 is 0 Å². The molecule has 0 heterocycles. The van der Waals surface area contributed by atoms with Crippen molar-refractivity contribution in [2.45, 2.75) is 58.5 Å². The van der Waals surface area contributed by atoms with Crippen LogP contribution in [0, 0.1) is 40.4 Å². The van der Waals surface area contributed by atoms with Crippen molar-refractivity contribution < 1.29 is 14.7 Å². The average molecular weight is 375 g/mol. The first-order valence-corrected chi connectivity index (χ1v) is 10.4. The Labute approximate surface area is 159 Å². The standard InChI is InChI=1S/C22H27ClO3/c1-11(24)22(26)7-5-14-12-9-18(23)17-10-19(25)13-8-16(13)21(17,3)15(12)4-6-20(14,22)2/h9-10,12-16,26H,4-8H2,1-3H3/t12-,13-,14+,15-,16+,20+,21+,22+/m1/s1. The number of carbonyl (C=O) groups is 2. The predicted octanol–water partition coefficient (Wildman–Crippen LogP) is 4.04. The van der Waals surface area contributed by atoms with E-state index in [-0.39, 0.29) is 40.2 Å². The minimum absolute atomic E-state index is 0.0344. The third kappa shape index (κ3) is 1.75. The van der Waals surface area contributed by atoms with Gasteiger partial charge in [-0.25, -0.2) is 0 Å². The van der Waals surface area contributed by atoms with E-state index in [1.807, 2.05) is 6.08 Å². The fourth-order valence-corrected chi connectivity index (χ4v) is 7.96. The van der Waals surface area contributed by atoms with E-state index in [0.717, 1.165) is 36.3 Å². The maximum atomic E-state index is 12.3. The lowest BCUT2D eigenvalue weighted by Crippen LogP contribution is -2.56. The molecule has 8 atom stereocenters. The van der Waals surface area contributed by atoms with Gasteiger partial charge in [-0.1, -0.05) is 31.5 Å². The zero-order valence-electron chi connectivity index (χ0n) is 15.7. The van der Waals surface area contributed by atoms with Gasteiger partial charge in [0.25, 0.3) is 0 Å². The van der Waals surface area contributed by atoms with Crippen LogP contribution in [0.3, 0.4) is 0 Å². The van der Waals surface area contributed by atoms with Crippen molar-refractivity contribution >= 4 is 23.2 Å². The molecule has 0 spiro atoms. The second-order valence-corrected chi connectivity index (χ2v) is 10.3. The van der Waals surface area contributed by atoms with Gasteiger partial charge in [-0.3, -0.25) is 9.59 Å². The van der Waals surface area contributed by atoms with E-state index in [9.17, 15) is 14.7 Å². The molecule has 0 unspecified atom stereocenters. The molecule has 5 aliphatic carbocycles. The monoisotopic (exact) mass is 374 g/mol. The summed E-state index contributed by atoms with van der Waals surface area (Å²) in [5.74, 6) is 1.78. The molecule has 5 aliphatic rings. The molecule has 4 heteroatoms. The van der Waals surface area contributed by atoms with Gasteiger partial charge in [-0.05, 0) is 74.3 Å². The predicted molar refractivity (Wildman–Crippen MR) is 99.4 cm³/mol. The first kappa shape index (κ1) is 17.2. The molecule has 3 fully saturated rings. The molecule has 3 nitrogen and oxygen atoms in total. The van der Waals surface area contributed by atoms with E-state index in [1.165, 1.54) is 6.92 Å². The molecule has 5 rings (SSSR count). The number of ketones is 2. The Balaban J connectivity index is 1.62. The topological polar surface area (TPSA) is 54.4 Å². The van der Waals surface area contributed by atoms with E-state index in [2.05, 4.69) is 19.9 Å². The normalized spacial score (nSPS) is 54.3. The molecular formula is C22H27ClO3. The largest absolute Gasteiger partial charge is 0.382 e. The van der Waals surface area contributed by atoms with Crippen LogP contribution in [-0.2, 0) is 9.59 Å². The summed E-state index contributed by atoms with van der Waals surface area (Å²) in [6, 6.07) is 0. The third-order valence-electron chi connectivity index (χ3n) is 9.23. The highest BCUT2D eigenvalue weighted by atomic mass is 35.5. The fourth-order valence-electron chi connectivity index (χ4n) is 7.56. The first-order chi connectivity index (χ1) is 12.1. The molecule has 140 valence electrons. The zero-order valence-corrected chi connectivity index (χ0v) is 16.5. The van der Waals surface area contributed by atoms with E-state index < -0.39 is 5.60 Å². The van der Waals surface area contributed by atoms with Crippen molar-refractivity contribution in [2.24, 2.45) is 40.4 Å². The van der Waals surface area contributed by atoms with Crippen LogP contribution in [0.15, 0.2) is 22.8 Å². The van der Waals surface area contributed by atoms with Gasteiger partial charge in [0.2, 0.25) is 0 Å². The highest BCUT2D eigenvalue weighted by Gasteiger charge is 2.69. The maximum absolute atomic E-state index is 12.3. The third-order valence-corrected chi connectivity index (χ3v) is 9.56. The Hall–Kier alpha value is -0.930. The van der Waals surface area contributed by atoms with E-state index in [0.29, 0.717) is 18.3 Å². The minimum atomic E-state index is -1.20. The average Bonchev–Trinajstić information content (AvgIpc) is 3.33. The highest BCUT2D eigenvalue weighted by Crippen LogP contribution is 2.72. The van der Waals surface area contributed by atoms with Gasteiger partial charge >= 0.3 is 0 Å². The van der Waals surface area contributed by atoms with Crippen LogP contribution in [0.2, 0.25) is 0 Å². The Morgan fingerprint density at radius 2 is 1.88 bits per heavy atom. The summed E-state index contributed by atoms with van der Waals surface area (Å²) in [7, 11) is 0. The zero-order chi connectivity index (χ0) is 18.6. The van der Waals surface area contributed by atoms with Crippen LogP contribution >= 0.6 is 11.6 Å². The second kappa shape index (κ2) is 4.91. The van der Waals surface area contributed by atoms with Crippen LogP contribution in [0.1, 0.15) is 52.9 Å². The molecule has 1 N–H and O–H groups in total. The van der Waals surface area contributed by atoms with Crippen molar-refractivity contribution in [1.82, 2.24) is 0 Å². The molecule has 3 saturated carbocycles. The highest BCUT2D eigenvalue weighted by molar-refractivity contribution is 6.32. The number of fused-ring (bicyclic) bond motifs is 7. The van der Waals surface area contributed by atoms with Crippen molar-refractivity contribution in [3.63, 3.8) is 0 Å². The number of hydrogen-bond donors (Lipinski definition) is 1. The SMILES string of the molecule is CC(=O)[C@@]1(O)CC[C@H]2[C@H]3C=C(Cl)C4=CC(=O)[C@@H]5C[C@@H]5[C@]4(C)[C@@H]3CC[C@@]21C. The molecule has 0 aliphatic heterocycles. The lowest BCUT2D eigenvalue weighted by atomic mass is 9.47. The molecule has 0 bridgehead atoms. The summed E-state index contributed by atoms with van der Waals surface area (Å²) in [5.41, 5.74) is -0.566. The minimum Gasteiger partial charge on any atom is -0.382 e. The molecule has 26 heavy (non-hydrogen) atoms. The van der Waals surface area contributed by atoms with Crippen LogP contribution in [0.5, 0.6) is 0 Å². The molecule has 0 aromatic heterocycles. The molecule has 0 saturated heterocycles. The molecule has 0 aromatic rings. The van der Waals surface area contributed by atoms with Crippen molar-refractivity contribution in [2.75, 3.05) is 0 Å². The summed E-state index contributed by atoms with van der Waals surface area (Å²) in [6.45, 7) is 5.97. The molecule has 0 amide bonds. The number of hydrogen-bond acceptors (Lipinski definition) is 3. The Bertz CT molecular complexity index is 797. The van der Waals surface area contributed by atoms with Gasteiger partial charge in [0.05, 0.1) is 0 Å². The van der Waals surface area contributed by atoms with Gasteiger partial charge in [0.15, 0.2) is 11.6 Å². The number of allylic oxidation sites excluding steroid dienone is 4.